The van der Waals surface area contributed by atoms with E-state index in [1.54, 1.807) is 0 Å². The number of rotatable bonds is 9. The number of aliphatic hydroxyl groups is 1. The normalized spacial score (nSPS) is 12.8. The third-order valence-electron chi connectivity index (χ3n) is 2.08. The van der Waals surface area contributed by atoms with E-state index in [9.17, 15) is 9.90 Å². The van der Waals surface area contributed by atoms with Crippen LogP contribution in [-0.4, -0.2) is 37.0 Å². The molecule has 0 spiro atoms. The number of ether oxygens (including phenoxy) is 2. The molecule has 4 heteroatoms. The van der Waals surface area contributed by atoms with E-state index in [-0.39, 0.29) is 12.5 Å². The minimum atomic E-state index is -1.00. The molecule has 0 saturated carbocycles. The second-order valence-corrected chi connectivity index (χ2v) is 4.28. The van der Waals surface area contributed by atoms with E-state index in [1.807, 2.05) is 13.8 Å². The third-order valence-corrected chi connectivity index (χ3v) is 2.08. The zero-order valence-electron chi connectivity index (χ0n) is 10.6. The van der Waals surface area contributed by atoms with Crippen LogP contribution in [0.3, 0.4) is 0 Å². The highest BCUT2D eigenvalue weighted by Crippen LogP contribution is 2.05. The summed E-state index contributed by atoms with van der Waals surface area (Å²) in [7, 11) is 0. The smallest absolute Gasteiger partial charge is 0.335 e. The molecular formula is C12H24O4. The van der Waals surface area contributed by atoms with Crippen molar-refractivity contribution < 1.29 is 19.4 Å². The van der Waals surface area contributed by atoms with Gasteiger partial charge in [-0.15, -0.1) is 0 Å². The van der Waals surface area contributed by atoms with Gasteiger partial charge in [0.25, 0.3) is 0 Å². The fourth-order valence-corrected chi connectivity index (χ4v) is 1.19. The fourth-order valence-electron chi connectivity index (χ4n) is 1.19. The van der Waals surface area contributed by atoms with Crippen LogP contribution in [0.25, 0.3) is 0 Å². The molecule has 0 aromatic heterocycles. The van der Waals surface area contributed by atoms with Gasteiger partial charge in [-0.05, 0) is 18.8 Å². The van der Waals surface area contributed by atoms with Crippen LogP contribution in [0.5, 0.6) is 0 Å². The summed E-state index contributed by atoms with van der Waals surface area (Å²) in [6.45, 7) is 7.31. The Bertz CT molecular complexity index is 180. The Hall–Kier alpha value is -0.610. The van der Waals surface area contributed by atoms with E-state index in [1.165, 1.54) is 0 Å². The van der Waals surface area contributed by atoms with Crippen LogP contribution < -0.4 is 0 Å². The Balaban J connectivity index is 3.42. The van der Waals surface area contributed by atoms with Crippen molar-refractivity contribution >= 4 is 5.97 Å². The number of esters is 1. The van der Waals surface area contributed by atoms with E-state index >= 15 is 0 Å². The average molecular weight is 232 g/mol. The van der Waals surface area contributed by atoms with Crippen molar-refractivity contribution in [2.24, 2.45) is 5.92 Å². The summed E-state index contributed by atoms with van der Waals surface area (Å²) in [5.41, 5.74) is 0. The Morgan fingerprint density at radius 1 is 1.25 bits per heavy atom. The summed E-state index contributed by atoms with van der Waals surface area (Å²) < 4.78 is 10.1. The van der Waals surface area contributed by atoms with Gasteiger partial charge in [-0.3, -0.25) is 0 Å². The van der Waals surface area contributed by atoms with Crippen molar-refractivity contribution in [3.05, 3.63) is 0 Å². The van der Waals surface area contributed by atoms with Gasteiger partial charge in [0.15, 0.2) is 6.10 Å². The van der Waals surface area contributed by atoms with Crippen LogP contribution in [0.1, 0.15) is 40.0 Å². The highest BCUT2D eigenvalue weighted by Gasteiger charge is 2.17. The molecule has 0 aliphatic heterocycles. The third kappa shape index (κ3) is 8.68. The highest BCUT2D eigenvalue weighted by atomic mass is 16.6. The molecule has 1 atom stereocenters. The first-order chi connectivity index (χ1) is 7.57. The van der Waals surface area contributed by atoms with Gasteiger partial charge in [-0.25, -0.2) is 4.79 Å². The zero-order valence-corrected chi connectivity index (χ0v) is 10.6. The molecule has 0 fully saturated rings. The molecule has 0 heterocycles. The quantitative estimate of drug-likeness (QED) is 0.486. The zero-order chi connectivity index (χ0) is 12.4. The van der Waals surface area contributed by atoms with Gasteiger partial charge in [0.2, 0.25) is 0 Å². The molecule has 16 heavy (non-hydrogen) atoms. The van der Waals surface area contributed by atoms with Crippen LogP contribution in [-0.2, 0) is 14.3 Å². The number of carbonyl (C=O) groups is 1. The number of aliphatic hydroxyl groups excluding tert-OH is 1. The summed E-state index contributed by atoms with van der Waals surface area (Å²) in [6, 6.07) is 0. The van der Waals surface area contributed by atoms with E-state index < -0.39 is 12.1 Å². The molecule has 4 nitrogen and oxygen atoms in total. The Kier molecular flexibility index (Phi) is 9.24. The van der Waals surface area contributed by atoms with Crippen LogP contribution in [0, 0.1) is 5.92 Å². The van der Waals surface area contributed by atoms with Gasteiger partial charge in [0.05, 0.1) is 6.61 Å². The molecular weight excluding hydrogens is 208 g/mol. The lowest BCUT2D eigenvalue weighted by atomic mass is 10.1. The van der Waals surface area contributed by atoms with Crippen LogP contribution >= 0.6 is 0 Å². The molecule has 0 saturated heterocycles. The second kappa shape index (κ2) is 9.60. The van der Waals surface area contributed by atoms with Gasteiger partial charge in [-0.2, -0.15) is 0 Å². The van der Waals surface area contributed by atoms with Crippen molar-refractivity contribution in [1.82, 2.24) is 0 Å². The highest BCUT2D eigenvalue weighted by molar-refractivity contribution is 5.74. The van der Waals surface area contributed by atoms with Crippen molar-refractivity contribution in [1.29, 1.82) is 0 Å². The lowest BCUT2D eigenvalue weighted by Crippen LogP contribution is -2.26. The van der Waals surface area contributed by atoms with Gasteiger partial charge in [0.1, 0.15) is 6.61 Å². The van der Waals surface area contributed by atoms with Crippen molar-refractivity contribution in [3.8, 4) is 0 Å². The number of hydrogen-bond donors (Lipinski definition) is 1. The average Bonchev–Trinajstić information content (AvgIpc) is 2.21. The molecule has 1 unspecified atom stereocenters. The predicted molar refractivity (Wildman–Crippen MR) is 62.1 cm³/mol. The summed E-state index contributed by atoms with van der Waals surface area (Å²) in [5, 5.41) is 9.41. The van der Waals surface area contributed by atoms with E-state index in [0.717, 1.165) is 12.8 Å². The molecule has 0 amide bonds. The monoisotopic (exact) mass is 232 g/mol. The second-order valence-electron chi connectivity index (χ2n) is 4.28. The summed E-state index contributed by atoms with van der Waals surface area (Å²) >= 11 is 0. The van der Waals surface area contributed by atoms with Crippen molar-refractivity contribution in [3.63, 3.8) is 0 Å². The van der Waals surface area contributed by atoms with E-state index in [2.05, 4.69) is 6.92 Å². The van der Waals surface area contributed by atoms with Crippen molar-refractivity contribution in [2.45, 2.75) is 46.1 Å². The Labute approximate surface area is 97.9 Å². The SMILES string of the molecule is CCCCOCCOC(=O)C(O)CC(C)C. The maximum absolute atomic E-state index is 11.2. The Morgan fingerprint density at radius 3 is 2.50 bits per heavy atom. The molecule has 0 aliphatic rings. The minimum absolute atomic E-state index is 0.220. The number of hydrogen-bond acceptors (Lipinski definition) is 4. The van der Waals surface area contributed by atoms with Gasteiger partial charge in [-0.1, -0.05) is 27.2 Å². The summed E-state index contributed by atoms with van der Waals surface area (Å²) in [4.78, 5) is 11.2. The standard InChI is InChI=1S/C12H24O4/c1-4-5-6-15-7-8-16-12(14)11(13)9-10(2)3/h10-11,13H,4-9H2,1-3H3. The maximum Gasteiger partial charge on any atom is 0.335 e. The van der Waals surface area contributed by atoms with Crippen LogP contribution in [0.2, 0.25) is 0 Å². The van der Waals surface area contributed by atoms with E-state index in [4.69, 9.17) is 9.47 Å². The maximum atomic E-state index is 11.2. The van der Waals surface area contributed by atoms with Gasteiger partial charge in [0, 0.05) is 6.61 Å². The number of carbonyl (C=O) groups excluding carboxylic acids is 1. The first-order valence-electron chi connectivity index (χ1n) is 6.00. The first-order valence-corrected chi connectivity index (χ1v) is 6.00. The molecule has 0 aromatic carbocycles. The predicted octanol–water partition coefficient (Wildman–Crippen LogP) is 1.75. The minimum Gasteiger partial charge on any atom is -0.461 e. The molecule has 0 aromatic rings. The molecule has 0 rings (SSSR count). The largest absolute Gasteiger partial charge is 0.461 e. The van der Waals surface area contributed by atoms with E-state index in [0.29, 0.717) is 19.6 Å². The molecule has 96 valence electrons. The van der Waals surface area contributed by atoms with Crippen LogP contribution in [0.15, 0.2) is 0 Å². The summed E-state index contributed by atoms with van der Waals surface area (Å²) in [5.74, 6) is -0.267. The van der Waals surface area contributed by atoms with Gasteiger partial charge >= 0.3 is 5.97 Å². The molecule has 0 bridgehead atoms. The van der Waals surface area contributed by atoms with Crippen LogP contribution in [0.4, 0.5) is 0 Å². The van der Waals surface area contributed by atoms with Gasteiger partial charge < -0.3 is 14.6 Å². The topological polar surface area (TPSA) is 55.8 Å². The fraction of sp³-hybridized carbons (Fsp3) is 0.917. The number of unbranched alkanes of at least 4 members (excludes halogenated alkanes) is 1. The first kappa shape index (κ1) is 15.4. The lowest BCUT2D eigenvalue weighted by Gasteiger charge is -2.12. The Morgan fingerprint density at radius 2 is 1.94 bits per heavy atom. The van der Waals surface area contributed by atoms with Crippen molar-refractivity contribution in [2.75, 3.05) is 19.8 Å². The lowest BCUT2D eigenvalue weighted by molar-refractivity contribution is -0.155. The molecule has 0 radical (unpaired) electrons. The molecule has 0 aliphatic carbocycles. The summed E-state index contributed by atoms with van der Waals surface area (Å²) in [6.07, 6.45) is 1.54. The molecule has 1 N–H and O–H groups in total.